The molecule has 1 atom stereocenters. The number of nitrogens with two attached hydrogens (primary N) is 2. The number of fused-ring (bicyclic) bond motifs is 1. The predicted molar refractivity (Wildman–Crippen MR) is 97.4 cm³/mol. The molecule has 0 bridgehead atoms. The summed E-state index contributed by atoms with van der Waals surface area (Å²) >= 11 is 1.49. The highest BCUT2D eigenvalue weighted by molar-refractivity contribution is 7.16. The first-order valence-electron chi connectivity index (χ1n) is 8.17. The average molecular weight is 353 g/mol. The van der Waals surface area contributed by atoms with Gasteiger partial charge in [0.1, 0.15) is 12.7 Å². The molecular weight excluding hydrogens is 334 g/mol. The first kappa shape index (κ1) is 15.8. The summed E-state index contributed by atoms with van der Waals surface area (Å²) in [4.78, 5) is 17.0. The summed E-state index contributed by atoms with van der Waals surface area (Å²) in [5, 5.41) is 4.83. The van der Waals surface area contributed by atoms with Crippen molar-refractivity contribution in [3.05, 3.63) is 64.6 Å². The molecule has 0 aliphatic heterocycles. The summed E-state index contributed by atoms with van der Waals surface area (Å²) in [5.74, 6) is -0.432. The third-order valence-electron chi connectivity index (χ3n) is 5.03. The minimum Gasteiger partial charge on any atom is -0.390 e. The van der Waals surface area contributed by atoms with Gasteiger partial charge in [-0.3, -0.25) is 9.48 Å². The van der Waals surface area contributed by atoms with Crippen LogP contribution in [0.2, 0.25) is 0 Å². The lowest BCUT2D eigenvalue weighted by Crippen LogP contribution is -2.38. The number of anilines is 1. The average Bonchev–Trinajstić information content (AvgIpc) is 3.21. The molecule has 1 amide bonds. The highest BCUT2D eigenvalue weighted by atomic mass is 32.1. The van der Waals surface area contributed by atoms with Crippen molar-refractivity contribution in [1.29, 1.82) is 0 Å². The van der Waals surface area contributed by atoms with Crippen LogP contribution in [0, 0.1) is 0 Å². The zero-order valence-electron chi connectivity index (χ0n) is 13.7. The van der Waals surface area contributed by atoms with Crippen molar-refractivity contribution >= 4 is 22.2 Å². The molecule has 0 spiro atoms. The summed E-state index contributed by atoms with van der Waals surface area (Å²) in [6.45, 7) is 0.736. The molecule has 2 aromatic heterocycles. The van der Waals surface area contributed by atoms with Crippen molar-refractivity contribution in [3.8, 4) is 0 Å². The van der Waals surface area contributed by atoms with E-state index in [1.807, 2.05) is 10.7 Å². The van der Waals surface area contributed by atoms with Gasteiger partial charge in [0.25, 0.3) is 5.91 Å². The summed E-state index contributed by atoms with van der Waals surface area (Å²) in [6, 6.07) is 10.5. The predicted octanol–water partition coefficient (Wildman–Crippen LogP) is 2.15. The van der Waals surface area contributed by atoms with E-state index in [0.717, 1.165) is 36.2 Å². The van der Waals surface area contributed by atoms with E-state index < -0.39 is 5.91 Å². The van der Waals surface area contributed by atoms with Crippen LogP contribution < -0.4 is 11.5 Å². The maximum atomic E-state index is 11.8. The van der Waals surface area contributed by atoms with Crippen LogP contribution in [0.5, 0.6) is 0 Å². The second-order valence-electron chi connectivity index (χ2n) is 6.52. The number of hydrogen-bond acceptors (Lipinski definition) is 5. The monoisotopic (exact) mass is 353 g/mol. The van der Waals surface area contributed by atoms with Crippen LogP contribution in [0.25, 0.3) is 0 Å². The van der Waals surface area contributed by atoms with E-state index in [-0.39, 0.29) is 5.41 Å². The number of hydrogen-bond donors (Lipinski definition) is 2. The number of nitrogen functional groups attached to an aromatic ring is 1. The second-order valence-corrected chi connectivity index (χ2v) is 7.66. The summed E-state index contributed by atoms with van der Waals surface area (Å²) in [7, 11) is 0. The molecule has 1 aromatic carbocycles. The van der Waals surface area contributed by atoms with E-state index in [1.165, 1.54) is 16.9 Å². The molecule has 128 valence electrons. The largest absolute Gasteiger partial charge is 0.390 e. The van der Waals surface area contributed by atoms with Gasteiger partial charge in [-0.1, -0.05) is 30.3 Å². The number of carbonyl (C=O) groups is 1. The van der Waals surface area contributed by atoms with Gasteiger partial charge in [-0.2, -0.15) is 5.10 Å². The van der Waals surface area contributed by atoms with Crippen molar-refractivity contribution in [1.82, 2.24) is 14.8 Å². The maximum Gasteiger partial charge on any atom is 0.251 e. The standard InChI is InChI=1S/C18H19N5OS/c19-16(24)15-13-6-7-18(8-14(13)25-17(15)20,9-23-11-21-10-22-23)12-4-2-1-3-5-12/h1-5,10-11H,6-9,20H2,(H2,19,24). The molecule has 1 aliphatic rings. The van der Waals surface area contributed by atoms with Crippen LogP contribution >= 0.6 is 11.3 Å². The molecule has 1 aliphatic carbocycles. The zero-order chi connectivity index (χ0) is 17.4. The lowest BCUT2D eigenvalue weighted by atomic mass is 9.69. The fourth-order valence-corrected chi connectivity index (χ4v) is 5.13. The highest BCUT2D eigenvalue weighted by Gasteiger charge is 2.39. The van der Waals surface area contributed by atoms with Gasteiger partial charge in [-0.05, 0) is 30.4 Å². The van der Waals surface area contributed by atoms with Crippen LogP contribution in [0.4, 0.5) is 5.00 Å². The molecule has 25 heavy (non-hydrogen) atoms. The van der Waals surface area contributed by atoms with Crippen LogP contribution in [0.3, 0.4) is 0 Å². The topological polar surface area (TPSA) is 99.8 Å². The number of carbonyl (C=O) groups excluding carboxylic acids is 1. The van der Waals surface area contributed by atoms with Gasteiger partial charge in [0.05, 0.1) is 17.1 Å². The molecule has 0 fully saturated rings. The number of benzene rings is 1. The Morgan fingerprint density at radius 3 is 2.80 bits per heavy atom. The first-order valence-corrected chi connectivity index (χ1v) is 8.98. The van der Waals surface area contributed by atoms with Crippen LogP contribution in [0.15, 0.2) is 43.0 Å². The van der Waals surface area contributed by atoms with E-state index in [9.17, 15) is 4.79 Å². The van der Waals surface area contributed by atoms with Gasteiger partial charge >= 0.3 is 0 Å². The first-order chi connectivity index (χ1) is 12.1. The maximum absolute atomic E-state index is 11.8. The number of amides is 1. The number of rotatable bonds is 4. The molecule has 0 saturated heterocycles. The Hall–Kier alpha value is -2.67. The smallest absolute Gasteiger partial charge is 0.251 e. The Bertz CT molecular complexity index is 903. The second kappa shape index (κ2) is 6.00. The van der Waals surface area contributed by atoms with Crippen LogP contribution in [-0.2, 0) is 24.8 Å². The van der Waals surface area contributed by atoms with E-state index in [1.54, 1.807) is 12.7 Å². The molecule has 0 radical (unpaired) electrons. The Morgan fingerprint density at radius 2 is 2.12 bits per heavy atom. The van der Waals surface area contributed by atoms with E-state index >= 15 is 0 Å². The molecule has 2 heterocycles. The minimum atomic E-state index is -0.432. The third-order valence-corrected chi connectivity index (χ3v) is 6.10. The summed E-state index contributed by atoms with van der Waals surface area (Å²) < 4.78 is 1.88. The molecule has 7 heteroatoms. The van der Waals surface area contributed by atoms with E-state index in [4.69, 9.17) is 11.5 Å². The van der Waals surface area contributed by atoms with Gasteiger partial charge in [-0.15, -0.1) is 11.3 Å². The SMILES string of the molecule is NC(=O)c1c(N)sc2c1CCC(Cn1cncn1)(c1ccccc1)C2. The number of primary amides is 1. The third kappa shape index (κ3) is 2.70. The van der Waals surface area contributed by atoms with Gasteiger partial charge in [-0.25, -0.2) is 4.98 Å². The van der Waals surface area contributed by atoms with Gasteiger partial charge < -0.3 is 11.5 Å². The van der Waals surface area contributed by atoms with Crippen LogP contribution in [-0.4, -0.2) is 20.7 Å². The number of thiophene rings is 1. The van der Waals surface area contributed by atoms with Crippen molar-refractivity contribution in [2.75, 3.05) is 5.73 Å². The summed E-state index contributed by atoms with van der Waals surface area (Å²) in [5.41, 5.74) is 14.3. The van der Waals surface area contributed by atoms with Crippen molar-refractivity contribution in [3.63, 3.8) is 0 Å². The van der Waals surface area contributed by atoms with Gasteiger partial charge in [0.15, 0.2) is 0 Å². The Kier molecular flexibility index (Phi) is 3.80. The quantitative estimate of drug-likeness (QED) is 0.750. The molecule has 1 unspecified atom stereocenters. The highest BCUT2D eigenvalue weighted by Crippen LogP contribution is 2.45. The molecule has 4 rings (SSSR count). The normalized spacial score (nSPS) is 19.5. The fourth-order valence-electron chi connectivity index (χ4n) is 3.86. The summed E-state index contributed by atoms with van der Waals surface area (Å²) in [6.07, 6.45) is 5.80. The van der Waals surface area contributed by atoms with E-state index in [2.05, 4.69) is 34.3 Å². The van der Waals surface area contributed by atoms with Crippen molar-refractivity contribution < 1.29 is 4.79 Å². The lowest BCUT2D eigenvalue weighted by Gasteiger charge is -2.37. The number of aromatic nitrogens is 3. The van der Waals surface area contributed by atoms with Crippen molar-refractivity contribution in [2.24, 2.45) is 5.73 Å². The number of nitrogens with zero attached hydrogens (tertiary/aromatic N) is 3. The van der Waals surface area contributed by atoms with Gasteiger partial charge in [0, 0.05) is 10.3 Å². The molecule has 6 nitrogen and oxygen atoms in total. The minimum absolute atomic E-state index is 0.103. The molecule has 0 saturated carbocycles. The Morgan fingerprint density at radius 1 is 1.32 bits per heavy atom. The lowest BCUT2D eigenvalue weighted by molar-refractivity contribution is 0.1000. The van der Waals surface area contributed by atoms with Crippen LogP contribution in [0.1, 0.15) is 32.8 Å². The van der Waals surface area contributed by atoms with Gasteiger partial charge in [0.2, 0.25) is 0 Å². The zero-order valence-corrected chi connectivity index (χ0v) is 14.5. The Balaban J connectivity index is 1.79. The molecule has 3 aromatic rings. The van der Waals surface area contributed by atoms with E-state index in [0.29, 0.717) is 10.6 Å². The van der Waals surface area contributed by atoms with Crippen molar-refractivity contribution in [2.45, 2.75) is 31.2 Å². The Labute approximate surface area is 149 Å². The molecule has 4 N–H and O–H groups in total. The molecular formula is C18H19N5OS. The fraction of sp³-hybridized carbons (Fsp3) is 0.278.